The Balaban J connectivity index is 2.06. The predicted molar refractivity (Wildman–Crippen MR) is 64.7 cm³/mol. The van der Waals surface area contributed by atoms with Crippen LogP contribution < -0.4 is 0 Å². The van der Waals surface area contributed by atoms with E-state index in [0.717, 1.165) is 0 Å². The third-order valence-corrected chi connectivity index (χ3v) is 5.02. The first-order valence-corrected chi connectivity index (χ1v) is 7.49. The summed E-state index contributed by atoms with van der Waals surface area (Å²) in [5.74, 6) is -0.328. The summed E-state index contributed by atoms with van der Waals surface area (Å²) >= 11 is 5.90. The zero-order valence-electron chi connectivity index (χ0n) is 9.10. The minimum Gasteiger partial charge on any atom is -0.299 e. The number of carbonyl (C=O) groups is 1. The summed E-state index contributed by atoms with van der Waals surface area (Å²) in [6.45, 7) is 0. The van der Waals surface area contributed by atoms with Gasteiger partial charge in [0.25, 0.3) is 0 Å². The molecule has 1 fully saturated rings. The van der Waals surface area contributed by atoms with E-state index in [0.29, 0.717) is 17.0 Å². The maximum atomic E-state index is 11.9. The van der Waals surface area contributed by atoms with Crippen LogP contribution in [0.4, 0.5) is 0 Å². The highest BCUT2D eigenvalue weighted by Gasteiger charge is 2.32. The first-order valence-electron chi connectivity index (χ1n) is 5.29. The summed E-state index contributed by atoms with van der Waals surface area (Å²) in [5.41, 5.74) is 0.705. The molecule has 0 N–H and O–H groups in total. The lowest BCUT2D eigenvalue weighted by atomic mass is 9.98. The number of hydrogen-bond donors (Lipinski definition) is 0. The third kappa shape index (κ3) is 3.04. The number of nitrogens with zero attached hydrogens (tertiary/aromatic N) is 1. The second-order valence-electron chi connectivity index (χ2n) is 4.21. The van der Waals surface area contributed by atoms with E-state index in [1.54, 1.807) is 12.3 Å². The number of aromatic nitrogens is 1. The topological polar surface area (TPSA) is 64.1 Å². The molecular formula is C11H12ClNO3S. The van der Waals surface area contributed by atoms with Crippen molar-refractivity contribution in [3.05, 3.63) is 29.0 Å². The van der Waals surface area contributed by atoms with Gasteiger partial charge in [-0.2, -0.15) is 0 Å². The lowest BCUT2D eigenvalue weighted by Gasteiger charge is -2.07. The molecule has 0 aliphatic carbocycles. The molecule has 1 atom stereocenters. The van der Waals surface area contributed by atoms with Gasteiger partial charge in [0, 0.05) is 24.7 Å². The van der Waals surface area contributed by atoms with Crippen molar-refractivity contribution in [1.82, 2.24) is 4.98 Å². The smallest absolute Gasteiger partial charge is 0.151 e. The van der Waals surface area contributed by atoms with E-state index in [4.69, 9.17) is 11.6 Å². The average Bonchev–Trinajstić information content (AvgIpc) is 2.62. The second-order valence-corrected chi connectivity index (χ2v) is 6.85. The Kier molecular flexibility index (Phi) is 3.49. The molecule has 1 saturated heterocycles. The summed E-state index contributed by atoms with van der Waals surface area (Å²) in [5, 5.41) is 0.446. The van der Waals surface area contributed by atoms with Gasteiger partial charge in [0.2, 0.25) is 0 Å². The fourth-order valence-corrected chi connectivity index (χ4v) is 3.89. The molecule has 0 spiro atoms. The lowest BCUT2D eigenvalue weighted by molar-refractivity contribution is -0.121. The summed E-state index contributed by atoms with van der Waals surface area (Å²) in [6, 6.07) is 1.68. The molecule has 1 aromatic rings. The normalized spacial score (nSPS) is 22.5. The van der Waals surface area contributed by atoms with Gasteiger partial charge in [-0.1, -0.05) is 11.6 Å². The Morgan fingerprint density at radius 3 is 2.88 bits per heavy atom. The number of rotatable bonds is 3. The molecule has 4 nitrogen and oxygen atoms in total. The number of hydrogen-bond acceptors (Lipinski definition) is 4. The summed E-state index contributed by atoms with van der Waals surface area (Å²) in [4.78, 5) is 15.7. The molecule has 0 aromatic carbocycles. The van der Waals surface area contributed by atoms with Crippen molar-refractivity contribution in [3.63, 3.8) is 0 Å². The second kappa shape index (κ2) is 4.74. The molecular weight excluding hydrogens is 262 g/mol. The van der Waals surface area contributed by atoms with Gasteiger partial charge in [-0.05, 0) is 18.1 Å². The largest absolute Gasteiger partial charge is 0.299 e. The number of sulfone groups is 1. The van der Waals surface area contributed by atoms with Crippen LogP contribution in [0.25, 0.3) is 0 Å². The molecule has 17 heavy (non-hydrogen) atoms. The van der Waals surface area contributed by atoms with Gasteiger partial charge in [-0.3, -0.25) is 9.78 Å². The number of pyridine rings is 1. The van der Waals surface area contributed by atoms with Gasteiger partial charge in [-0.15, -0.1) is 0 Å². The highest BCUT2D eigenvalue weighted by atomic mass is 35.5. The van der Waals surface area contributed by atoms with Crippen molar-refractivity contribution in [2.75, 3.05) is 11.5 Å². The molecule has 1 unspecified atom stereocenters. The lowest BCUT2D eigenvalue weighted by Crippen LogP contribution is -2.18. The molecule has 6 heteroatoms. The average molecular weight is 274 g/mol. The van der Waals surface area contributed by atoms with E-state index in [1.165, 1.54) is 6.20 Å². The Labute approximate surface area is 105 Å². The SMILES string of the molecule is O=C(Cc1ccncc1Cl)C1CCS(=O)(=O)C1. The van der Waals surface area contributed by atoms with Crippen LogP contribution in [0.15, 0.2) is 18.5 Å². The van der Waals surface area contributed by atoms with E-state index in [9.17, 15) is 13.2 Å². The maximum absolute atomic E-state index is 11.9. The van der Waals surface area contributed by atoms with E-state index in [2.05, 4.69) is 4.98 Å². The quantitative estimate of drug-likeness (QED) is 0.832. The van der Waals surface area contributed by atoms with Crippen LogP contribution in [0.5, 0.6) is 0 Å². The van der Waals surface area contributed by atoms with Crippen molar-refractivity contribution in [2.45, 2.75) is 12.8 Å². The van der Waals surface area contributed by atoms with Crippen LogP contribution in [0.1, 0.15) is 12.0 Å². The first-order chi connectivity index (χ1) is 7.98. The molecule has 2 heterocycles. The molecule has 1 aliphatic heterocycles. The van der Waals surface area contributed by atoms with Gasteiger partial charge in [0.05, 0.1) is 16.5 Å². The number of Topliss-reactive ketones (excluding diaryl/α,β-unsaturated/α-hetero) is 1. The number of carbonyl (C=O) groups excluding carboxylic acids is 1. The van der Waals surface area contributed by atoms with Crippen molar-refractivity contribution in [2.24, 2.45) is 5.92 Å². The van der Waals surface area contributed by atoms with Gasteiger partial charge in [0.1, 0.15) is 5.78 Å². The fourth-order valence-electron chi connectivity index (χ4n) is 1.93. The highest BCUT2D eigenvalue weighted by molar-refractivity contribution is 7.91. The first kappa shape index (κ1) is 12.5. The molecule has 0 radical (unpaired) electrons. The van der Waals surface area contributed by atoms with Gasteiger partial charge < -0.3 is 0 Å². The fraction of sp³-hybridized carbons (Fsp3) is 0.455. The molecule has 0 amide bonds. The summed E-state index contributed by atoms with van der Waals surface area (Å²) in [6.07, 6.45) is 3.67. The molecule has 1 aliphatic rings. The van der Waals surface area contributed by atoms with Crippen LogP contribution in [-0.4, -0.2) is 30.7 Å². The van der Waals surface area contributed by atoms with E-state index in [-0.39, 0.29) is 29.6 Å². The molecule has 1 aromatic heterocycles. The standard InChI is InChI=1S/C11H12ClNO3S/c12-10-6-13-3-1-8(10)5-11(14)9-2-4-17(15,16)7-9/h1,3,6,9H,2,4-5,7H2. The zero-order chi connectivity index (χ0) is 12.5. The van der Waals surface area contributed by atoms with E-state index >= 15 is 0 Å². The zero-order valence-corrected chi connectivity index (χ0v) is 10.7. The Hall–Kier alpha value is -0.940. The van der Waals surface area contributed by atoms with E-state index < -0.39 is 9.84 Å². The van der Waals surface area contributed by atoms with E-state index in [1.807, 2.05) is 0 Å². The van der Waals surface area contributed by atoms with Crippen molar-refractivity contribution in [3.8, 4) is 0 Å². The monoisotopic (exact) mass is 273 g/mol. The Morgan fingerprint density at radius 1 is 1.53 bits per heavy atom. The minimum absolute atomic E-state index is 0.0193. The van der Waals surface area contributed by atoms with Crippen molar-refractivity contribution >= 4 is 27.2 Å². The van der Waals surface area contributed by atoms with Crippen LogP contribution in [0, 0.1) is 5.92 Å². The third-order valence-electron chi connectivity index (χ3n) is 2.91. The van der Waals surface area contributed by atoms with Crippen molar-refractivity contribution < 1.29 is 13.2 Å². The van der Waals surface area contributed by atoms with Gasteiger partial charge in [-0.25, -0.2) is 8.42 Å². The summed E-state index contributed by atoms with van der Waals surface area (Å²) < 4.78 is 22.6. The Morgan fingerprint density at radius 2 is 2.29 bits per heavy atom. The molecule has 0 saturated carbocycles. The van der Waals surface area contributed by atoms with Gasteiger partial charge in [0.15, 0.2) is 9.84 Å². The predicted octanol–water partition coefficient (Wildman–Crippen LogP) is 1.28. The van der Waals surface area contributed by atoms with Crippen LogP contribution in [0.3, 0.4) is 0 Å². The minimum atomic E-state index is -3.01. The number of ketones is 1. The summed E-state index contributed by atoms with van der Waals surface area (Å²) in [7, 11) is -3.01. The number of halogens is 1. The van der Waals surface area contributed by atoms with Crippen molar-refractivity contribution in [1.29, 1.82) is 0 Å². The molecule has 2 rings (SSSR count). The highest BCUT2D eigenvalue weighted by Crippen LogP contribution is 2.22. The Bertz CT molecular complexity index is 541. The van der Waals surface area contributed by atoms with Crippen LogP contribution in [0.2, 0.25) is 5.02 Å². The van der Waals surface area contributed by atoms with Gasteiger partial charge >= 0.3 is 0 Å². The maximum Gasteiger partial charge on any atom is 0.151 e. The molecule has 0 bridgehead atoms. The van der Waals surface area contributed by atoms with Crippen LogP contribution in [-0.2, 0) is 21.1 Å². The van der Waals surface area contributed by atoms with Crippen LogP contribution >= 0.6 is 11.6 Å². The molecule has 92 valence electrons.